The average Bonchev–Trinajstić information content (AvgIpc) is 2.28. The number of rotatable bonds is 2. The van der Waals surface area contributed by atoms with Crippen LogP contribution < -0.4 is 0 Å². The van der Waals surface area contributed by atoms with Gasteiger partial charge in [-0.15, -0.1) is 0 Å². The van der Waals surface area contributed by atoms with Gasteiger partial charge in [0.05, 0.1) is 0 Å². The van der Waals surface area contributed by atoms with Gasteiger partial charge in [0.15, 0.2) is 5.78 Å². The number of hydrogen-bond donors (Lipinski definition) is 0. The first-order chi connectivity index (χ1) is 5.24. The normalized spacial score (nSPS) is 21.1. The first-order valence-electron chi connectivity index (χ1n) is 4.14. The standard InChI is InChI=1S/C10H14O/c1-3-4-5-9-6-8(2)10(11)7-9/h5-6H,3-4,7H2,1-2H3. The second-order valence-electron chi connectivity index (χ2n) is 3.00. The zero-order chi connectivity index (χ0) is 8.27. The first-order valence-corrected chi connectivity index (χ1v) is 4.14. The monoisotopic (exact) mass is 150 g/mol. The van der Waals surface area contributed by atoms with Crippen molar-refractivity contribution in [1.29, 1.82) is 0 Å². The Morgan fingerprint density at radius 2 is 2.36 bits per heavy atom. The molecule has 0 heterocycles. The maximum absolute atomic E-state index is 11.0. The van der Waals surface area contributed by atoms with Crippen molar-refractivity contribution >= 4 is 5.78 Å². The van der Waals surface area contributed by atoms with E-state index in [1.165, 1.54) is 5.57 Å². The van der Waals surface area contributed by atoms with Crippen LogP contribution in [0.5, 0.6) is 0 Å². The lowest BCUT2D eigenvalue weighted by Crippen LogP contribution is -1.90. The Labute approximate surface area is 67.8 Å². The van der Waals surface area contributed by atoms with Crippen molar-refractivity contribution in [2.24, 2.45) is 0 Å². The Kier molecular flexibility index (Phi) is 2.64. The summed E-state index contributed by atoms with van der Waals surface area (Å²) < 4.78 is 0. The predicted molar refractivity (Wildman–Crippen MR) is 46.4 cm³/mol. The molecular formula is C10H14O. The molecule has 0 aromatic carbocycles. The molecule has 0 bridgehead atoms. The van der Waals surface area contributed by atoms with Crippen LogP contribution >= 0.6 is 0 Å². The molecule has 1 aliphatic carbocycles. The molecule has 0 spiro atoms. The maximum Gasteiger partial charge on any atom is 0.162 e. The van der Waals surface area contributed by atoms with Crippen molar-refractivity contribution < 1.29 is 4.79 Å². The van der Waals surface area contributed by atoms with E-state index in [2.05, 4.69) is 13.0 Å². The largest absolute Gasteiger partial charge is 0.294 e. The van der Waals surface area contributed by atoms with Crippen molar-refractivity contribution in [3.05, 3.63) is 23.3 Å². The lowest BCUT2D eigenvalue weighted by Gasteiger charge is -1.89. The van der Waals surface area contributed by atoms with Crippen LogP contribution in [-0.4, -0.2) is 5.78 Å². The molecule has 0 saturated carbocycles. The highest BCUT2D eigenvalue weighted by atomic mass is 16.1. The Balaban J connectivity index is 2.60. The molecule has 1 nitrogen and oxygen atoms in total. The van der Waals surface area contributed by atoms with Crippen LogP contribution in [0.4, 0.5) is 0 Å². The van der Waals surface area contributed by atoms with Gasteiger partial charge in [-0.2, -0.15) is 0 Å². The summed E-state index contributed by atoms with van der Waals surface area (Å²) in [4.78, 5) is 11.0. The summed E-state index contributed by atoms with van der Waals surface area (Å²) in [7, 11) is 0. The van der Waals surface area contributed by atoms with Gasteiger partial charge < -0.3 is 0 Å². The van der Waals surface area contributed by atoms with Crippen molar-refractivity contribution in [2.45, 2.75) is 33.1 Å². The molecule has 0 aromatic heterocycles. The van der Waals surface area contributed by atoms with E-state index in [1.807, 2.05) is 13.0 Å². The van der Waals surface area contributed by atoms with Gasteiger partial charge in [-0.05, 0) is 24.5 Å². The number of Topliss-reactive ketones (excluding diaryl/α,β-unsaturated/α-hetero) is 1. The lowest BCUT2D eigenvalue weighted by molar-refractivity contribution is -0.114. The van der Waals surface area contributed by atoms with Crippen molar-refractivity contribution in [3.63, 3.8) is 0 Å². The number of allylic oxidation sites excluding steroid dienone is 4. The van der Waals surface area contributed by atoms with Crippen LogP contribution in [0.2, 0.25) is 0 Å². The average molecular weight is 150 g/mol. The topological polar surface area (TPSA) is 17.1 Å². The molecule has 0 unspecified atom stereocenters. The molecule has 0 amide bonds. The summed E-state index contributed by atoms with van der Waals surface area (Å²) in [6.07, 6.45) is 7.04. The van der Waals surface area contributed by atoms with Crippen LogP contribution in [-0.2, 0) is 4.79 Å². The molecule has 1 rings (SSSR count). The molecule has 0 aromatic rings. The van der Waals surface area contributed by atoms with Gasteiger partial charge >= 0.3 is 0 Å². The van der Waals surface area contributed by atoms with Crippen LogP contribution in [0.15, 0.2) is 23.3 Å². The Morgan fingerprint density at radius 1 is 1.64 bits per heavy atom. The molecule has 11 heavy (non-hydrogen) atoms. The zero-order valence-electron chi connectivity index (χ0n) is 7.18. The van der Waals surface area contributed by atoms with Gasteiger partial charge in [-0.25, -0.2) is 0 Å². The molecule has 0 saturated heterocycles. The number of unbranched alkanes of at least 4 members (excludes halogenated alkanes) is 1. The molecule has 60 valence electrons. The first kappa shape index (κ1) is 8.25. The maximum atomic E-state index is 11.0. The van der Waals surface area contributed by atoms with Gasteiger partial charge in [-0.1, -0.05) is 25.5 Å². The molecular weight excluding hydrogens is 136 g/mol. The fourth-order valence-electron chi connectivity index (χ4n) is 1.20. The minimum Gasteiger partial charge on any atom is -0.294 e. The van der Waals surface area contributed by atoms with Crippen molar-refractivity contribution in [3.8, 4) is 0 Å². The number of carbonyl (C=O) groups is 1. The second kappa shape index (κ2) is 3.51. The van der Waals surface area contributed by atoms with E-state index in [9.17, 15) is 4.79 Å². The summed E-state index contributed by atoms with van der Waals surface area (Å²) in [5.41, 5.74) is 2.11. The van der Waals surface area contributed by atoms with E-state index in [0.717, 1.165) is 18.4 Å². The third-order valence-corrected chi connectivity index (χ3v) is 1.90. The SMILES string of the molecule is CCCC=C1C=C(C)C(=O)C1. The number of ketones is 1. The molecule has 0 radical (unpaired) electrons. The van der Waals surface area contributed by atoms with Gasteiger partial charge in [0, 0.05) is 6.42 Å². The fraction of sp³-hybridized carbons (Fsp3) is 0.500. The smallest absolute Gasteiger partial charge is 0.162 e. The predicted octanol–water partition coefficient (Wildman–Crippen LogP) is 2.63. The van der Waals surface area contributed by atoms with Gasteiger partial charge in [-0.3, -0.25) is 4.79 Å². The van der Waals surface area contributed by atoms with E-state index in [1.54, 1.807) is 0 Å². The minimum atomic E-state index is 0.285. The van der Waals surface area contributed by atoms with Gasteiger partial charge in [0.25, 0.3) is 0 Å². The van der Waals surface area contributed by atoms with Gasteiger partial charge in [0.2, 0.25) is 0 Å². The molecule has 0 N–H and O–H groups in total. The van der Waals surface area contributed by atoms with Crippen LogP contribution in [0.1, 0.15) is 33.1 Å². The van der Waals surface area contributed by atoms with Crippen molar-refractivity contribution in [1.82, 2.24) is 0 Å². The Morgan fingerprint density at radius 3 is 2.82 bits per heavy atom. The van der Waals surface area contributed by atoms with E-state index in [0.29, 0.717) is 6.42 Å². The quantitative estimate of drug-likeness (QED) is 0.591. The fourth-order valence-corrected chi connectivity index (χ4v) is 1.20. The van der Waals surface area contributed by atoms with Crippen LogP contribution in [0.25, 0.3) is 0 Å². The minimum absolute atomic E-state index is 0.285. The highest BCUT2D eigenvalue weighted by Gasteiger charge is 2.13. The third-order valence-electron chi connectivity index (χ3n) is 1.90. The van der Waals surface area contributed by atoms with E-state index in [-0.39, 0.29) is 5.78 Å². The number of hydrogen-bond acceptors (Lipinski definition) is 1. The van der Waals surface area contributed by atoms with Crippen molar-refractivity contribution in [2.75, 3.05) is 0 Å². The number of carbonyl (C=O) groups excluding carboxylic acids is 1. The molecule has 1 aliphatic rings. The molecule has 0 atom stereocenters. The molecule has 0 fully saturated rings. The summed E-state index contributed by atoms with van der Waals surface area (Å²) in [5.74, 6) is 0.285. The third kappa shape index (κ3) is 2.04. The Hall–Kier alpha value is -0.850. The molecule has 1 heteroatoms. The Bertz CT molecular complexity index is 221. The van der Waals surface area contributed by atoms with E-state index >= 15 is 0 Å². The van der Waals surface area contributed by atoms with Gasteiger partial charge in [0.1, 0.15) is 0 Å². The van der Waals surface area contributed by atoms with Crippen LogP contribution in [0.3, 0.4) is 0 Å². The van der Waals surface area contributed by atoms with E-state index < -0.39 is 0 Å². The highest BCUT2D eigenvalue weighted by Crippen LogP contribution is 2.19. The molecule has 0 aliphatic heterocycles. The summed E-state index contributed by atoms with van der Waals surface area (Å²) in [6.45, 7) is 4.03. The summed E-state index contributed by atoms with van der Waals surface area (Å²) >= 11 is 0. The second-order valence-corrected chi connectivity index (χ2v) is 3.00. The van der Waals surface area contributed by atoms with Crippen LogP contribution in [0, 0.1) is 0 Å². The highest BCUT2D eigenvalue weighted by molar-refractivity contribution is 6.00. The lowest BCUT2D eigenvalue weighted by atomic mass is 10.2. The zero-order valence-corrected chi connectivity index (χ0v) is 7.18. The van der Waals surface area contributed by atoms with E-state index in [4.69, 9.17) is 0 Å². The summed E-state index contributed by atoms with van der Waals surface area (Å²) in [6, 6.07) is 0. The summed E-state index contributed by atoms with van der Waals surface area (Å²) in [5, 5.41) is 0.